The number of aromatic nitrogens is 1. The first-order valence-electron chi connectivity index (χ1n) is 9.27. The lowest BCUT2D eigenvalue weighted by Crippen LogP contribution is -2.49. The molecule has 27 heavy (non-hydrogen) atoms. The van der Waals surface area contributed by atoms with Gasteiger partial charge in [-0.15, -0.1) is 0 Å². The molecule has 5 heteroatoms. The predicted molar refractivity (Wildman–Crippen MR) is 109 cm³/mol. The molecule has 0 saturated carbocycles. The minimum absolute atomic E-state index is 0.192. The molecule has 1 saturated heterocycles. The number of aryl methyl sites for hydroxylation is 1. The molecule has 0 atom stereocenters. The van der Waals surface area contributed by atoms with Crippen LogP contribution in [0.15, 0.2) is 53.3 Å². The highest BCUT2D eigenvalue weighted by molar-refractivity contribution is 5.97. The number of piperazine rings is 1. The summed E-state index contributed by atoms with van der Waals surface area (Å²) in [5.74, 6) is -0.192. The minimum atomic E-state index is -0.323. The van der Waals surface area contributed by atoms with Crippen molar-refractivity contribution in [3.63, 3.8) is 0 Å². The van der Waals surface area contributed by atoms with Gasteiger partial charge in [0.15, 0.2) is 0 Å². The smallest absolute Gasteiger partial charge is 0.261 e. The number of benzene rings is 2. The van der Waals surface area contributed by atoms with Crippen molar-refractivity contribution in [3.05, 3.63) is 75.6 Å². The molecule has 0 radical (unpaired) electrons. The fraction of sp³-hybridized carbons (Fsp3) is 0.273. The van der Waals surface area contributed by atoms with Gasteiger partial charge in [0.2, 0.25) is 0 Å². The molecule has 1 N–H and O–H groups in total. The molecule has 1 fully saturated rings. The number of hydrogen-bond acceptors (Lipinski definition) is 3. The summed E-state index contributed by atoms with van der Waals surface area (Å²) in [5, 5.41) is 0.870. The second-order valence-corrected chi connectivity index (χ2v) is 7.10. The van der Waals surface area contributed by atoms with Gasteiger partial charge in [-0.2, -0.15) is 0 Å². The van der Waals surface area contributed by atoms with Crippen LogP contribution in [0.4, 0.5) is 5.69 Å². The number of carbonyl (C=O) groups is 1. The van der Waals surface area contributed by atoms with Crippen LogP contribution in [-0.2, 0) is 0 Å². The van der Waals surface area contributed by atoms with Crippen LogP contribution in [0, 0.1) is 13.8 Å². The summed E-state index contributed by atoms with van der Waals surface area (Å²) < 4.78 is 0. The average molecular weight is 361 g/mol. The first-order chi connectivity index (χ1) is 13.0. The lowest BCUT2D eigenvalue weighted by molar-refractivity contribution is 0.0745. The molecule has 5 nitrogen and oxygen atoms in total. The van der Waals surface area contributed by atoms with Gasteiger partial charge in [0.25, 0.3) is 11.5 Å². The van der Waals surface area contributed by atoms with E-state index >= 15 is 0 Å². The molecule has 2 heterocycles. The molecule has 1 amide bonds. The van der Waals surface area contributed by atoms with Crippen molar-refractivity contribution in [2.24, 2.45) is 0 Å². The zero-order chi connectivity index (χ0) is 19.0. The van der Waals surface area contributed by atoms with Gasteiger partial charge in [-0.3, -0.25) is 9.59 Å². The molecular weight excluding hydrogens is 338 g/mol. The second-order valence-electron chi connectivity index (χ2n) is 7.10. The summed E-state index contributed by atoms with van der Waals surface area (Å²) >= 11 is 0. The van der Waals surface area contributed by atoms with E-state index < -0.39 is 0 Å². The maximum atomic E-state index is 12.9. The topological polar surface area (TPSA) is 56.4 Å². The lowest BCUT2D eigenvalue weighted by atomic mass is 10.1. The first-order valence-corrected chi connectivity index (χ1v) is 9.27. The number of amides is 1. The van der Waals surface area contributed by atoms with Gasteiger partial charge >= 0.3 is 0 Å². The van der Waals surface area contributed by atoms with Gasteiger partial charge in [0.05, 0.1) is 0 Å². The van der Waals surface area contributed by atoms with Crippen LogP contribution in [0.3, 0.4) is 0 Å². The van der Waals surface area contributed by atoms with E-state index in [-0.39, 0.29) is 17.0 Å². The maximum absolute atomic E-state index is 12.9. The van der Waals surface area contributed by atoms with E-state index in [2.05, 4.69) is 41.9 Å². The maximum Gasteiger partial charge on any atom is 0.261 e. The highest BCUT2D eigenvalue weighted by Gasteiger charge is 2.25. The number of hydrogen-bond donors (Lipinski definition) is 1. The summed E-state index contributed by atoms with van der Waals surface area (Å²) in [4.78, 5) is 32.2. The van der Waals surface area contributed by atoms with E-state index in [1.165, 1.54) is 16.8 Å². The van der Waals surface area contributed by atoms with Crippen LogP contribution < -0.4 is 10.5 Å². The van der Waals surface area contributed by atoms with Crippen LogP contribution in [-0.4, -0.2) is 42.0 Å². The number of carbonyl (C=O) groups excluding carboxylic acids is 1. The third-order valence-electron chi connectivity index (χ3n) is 5.47. The Balaban J connectivity index is 1.53. The van der Waals surface area contributed by atoms with Crippen molar-refractivity contribution in [2.45, 2.75) is 13.8 Å². The van der Waals surface area contributed by atoms with E-state index in [1.54, 1.807) is 11.0 Å². The van der Waals surface area contributed by atoms with Gasteiger partial charge in [0, 0.05) is 37.4 Å². The van der Waals surface area contributed by atoms with Crippen molar-refractivity contribution in [2.75, 3.05) is 31.1 Å². The largest absolute Gasteiger partial charge is 0.368 e. The monoisotopic (exact) mass is 361 g/mol. The third kappa shape index (κ3) is 3.21. The Labute approximate surface area is 158 Å². The Hall–Kier alpha value is -3.08. The summed E-state index contributed by atoms with van der Waals surface area (Å²) in [7, 11) is 0. The zero-order valence-corrected chi connectivity index (χ0v) is 15.7. The molecule has 4 rings (SSSR count). The second kappa shape index (κ2) is 6.91. The summed E-state index contributed by atoms with van der Waals surface area (Å²) in [6, 6.07) is 15.5. The van der Waals surface area contributed by atoms with Crippen LogP contribution in [0.2, 0.25) is 0 Å². The number of para-hydroxylation sites is 1. The molecule has 0 aliphatic carbocycles. The molecule has 3 aromatic rings. The number of rotatable bonds is 2. The third-order valence-corrected chi connectivity index (χ3v) is 5.47. The molecule has 2 aromatic carbocycles. The van der Waals surface area contributed by atoms with E-state index in [1.807, 2.05) is 24.3 Å². The van der Waals surface area contributed by atoms with Gasteiger partial charge < -0.3 is 14.8 Å². The number of anilines is 1. The first kappa shape index (κ1) is 17.3. The Morgan fingerprint density at radius 1 is 0.963 bits per heavy atom. The average Bonchev–Trinajstić information content (AvgIpc) is 2.69. The normalized spacial score (nSPS) is 14.6. The predicted octanol–water partition coefficient (Wildman–Crippen LogP) is 3.11. The summed E-state index contributed by atoms with van der Waals surface area (Å²) in [6.07, 6.45) is 0. The molecular formula is C22H23N3O2. The Morgan fingerprint density at radius 3 is 2.48 bits per heavy atom. The Kier molecular flexibility index (Phi) is 4.44. The molecule has 0 unspecified atom stereocenters. The minimum Gasteiger partial charge on any atom is -0.368 e. The van der Waals surface area contributed by atoms with Crippen molar-refractivity contribution < 1.29 is 4.79 Å². The van der Waals surface area contributed by atoms with Crippen molar-refractivity contribution in [1.82, 2.24) is 9.88 Å². The van der Waals surface area contributed by atoms with Gasteiger partial charge in [-0.05, 0) is 48.6 Å². The van der Waals surface area contributed by atoms with Gasteiger partial charge in [-0.25, -0.2) is 0 Å². The van der Waals surface area contributed by atoms with Crippen LogP contribution in [0.1, 0.15) is 21.5 Å². The number of H-pyrrole nitrogens is 1. The number of pyridine rings is 1. The fourth-order valence-corrected chi connectivity index (χ4v) is 3.71. The standard InChI is InChI=1S/C22H23N3O2/c1-15-6-5-9-20(16(15)2)24-10-12-25(13-11-24)22(27)18-14-17-7-3-4-8-19(17)23-21(18)26/h3-9,14H,10-13H2,1-2H3,(H,23,26). The summed E-state index contributed by atoms with van der Waals surface area (Å²) in [5.41, 5.74) is 4.42. The van der Waals surface area contributed by atoms with E-state index in [4.69, 9.17) is 0 Å². The molecule has 1 aromatic heterocycles. The van der Waals surface area contributed by atoms with E-state index in [0.29, 0.717) is 13.1 Å². The van der Waals surface area contributed by atoms with Crippen molar-refractivity contribution in [1.29, 1.82) is 0 Å². The highest BCUT2D eigenvalue weighted by atomic mass is 16.2. The SMILES string of the molecule is Cc1cccc(N2CCN(C(=O)c3cc4ccccc4[nH]c3=O)CC2)c1C. The Morgan fingerprint density at radius 2 is 1.70 bits per heavy atom. The van der Waals surface area contributed by atoms with Gasteiger partial charge in [0.1, 0.15) is 5.56 Å². The van der Waals surface area contributed by atoms with Crippen LogP contribution >= 0.6 is 0 Å². The number of aromatic amines is 1. The molecule has 1 aliphatic rings. The fourth-order valence-electron chi connectivity index (χ4n) is 3.71. The molecule has 1 aliphatic heterocycles. The van der Waals surface area contributed by atoms with E-state index in [9.17, 15) is 9.59 Å². The molecule has 0 bridgehead atoms. The number of fused-ring (bicyclic) bond motifs is 1. The zero-order valence-electron chi connectivity index (χ0n) is 15.7. The Bertz CT molecular complexity index is 1060. The lowest BCUT2D eigenvalue weighted by Gasteiger charge is -2.37. The number of nitrogens with zero attached hydrogens (tertiary/aromatic N) is 2. The highest BCUT2D eigenvalue weighted by Crippen LogP contribution is 2.24. The van der Waals surface area contributed by atoms with Crippen LogP contribution in [0.5, 0.6) is 0 Å². The summed E-state index contributed by atoms with van der Waals surface area (Å²) in [6.45, 7) is 7.00. The van der Waals surface area contributed by atoms with E-state index in [0.717, 1.165) is 24.0 Å². The number of nitrogens with one attached hydrogen (secondary N) is 1. The van der Waals surface area contributed by atoms with Crippen molar-refractivity contribution in [3.8, 4) is 0 Å². The molecule has 138 valence electrons. The van der Waals surface area contributed by atoms with Crippen molar-refractivity contribution >= 4 is 22.5 Å². The van der Waals surface area contributed by atoms with Gasteiger partial charge in [-0.1, -0.05) is 30.3 Å². The van der Waals surface area contributed by atoms with Crippen LogP contribution in [0.25, 0.3) is 10.9 Å². The quantitative estimate of drug-likeness (QED) is 0.763. The molecule has 0 spiro atoms.